The summed E-state index contributed by atoms with van der Waals surface area (Å²) in [7, 11) is 1.75. The summed E-state index contributed by atoms with van der Waals surface area (Å²) >= 11 is 0. The Morgan fingerprint density at radius 1 is 1.57 bits per heavy atom. The Bertz CT molecular complexity index is 212. The maximum atomic E-state index is 11.6. The SMILES string of the molecule is CNC(C)(C)C(=O)NCC(O)C1CC1. The molecule has 82 valence electrons. The highest BCUT2D eigenvalue weighted by atomic mass is 16.3. The molecular formula is C10H20N2O2. The van der Waals surface area contributed by atoms with Gasteiger partial charge in [-0.3, -0.25) is 4.79 Å². The summed E-state index contributed by atoms with van der Waals surface area (Å²) in [4.78, 5) is 11.6. The lowest BCUT2D eigenvalue weighted by molar-refractivity contribution is -0.126. The van der Waals surface area contributed by atoms with Crippen molar-refractivity contribution in [1.82, 2.24) is 10.6 Å². The molecule has 0 radical (unpaired) electrons. The van der Waals surface area contributed by atoms with E-state index in [2.05, 4.69) is 10.6 Å². The van der Waals surface area contributed by atoms with E-state index in [4.69, 9.17) is 0 Å². The third kappa shape index (κ3) is 2.96. The zero-order chi connectivity index (χ0) is 10.8. The van der Waals surface area contributed by atoms with Gasteiger partial charge in [0.05, 0.1) is 11.6 Å². The number of nitrogens with one attached hydrogen (secondary N) is 2. The van der Waals surface area contributed by atoms with Gasteiger partial charge in [0, 0.05) is 6.54 Å². The normalized spacial score (nSPS) is 19.1. The van der Waals surface area contributed by atoms with Crippen LogP contribution >= 0.6 is 0 Å². The fraction of sp³-hybridized carbons (Fsp3) is 0.900. The maximum absolute atomic E-state index is 11.6. The highest BCUT2D eigenvalue weighted by Gasteiger charge is 2.31. The standard InChI is InChI=1S/C10H20N2O2/c1-10(2,11-3)9(14)12-6-8(13)7-4-5-7/h7-8,11,13H,4-6H2,1-3H3,(H,12,14). The van der Waals surface area contributed by atoms with E-state index in [1.54, 1.807) is 7.05 Å². The van der Waals surface area contributed by atoms with Crippen LogP contribution in [0.3, 0.4) is 0 Å². The van der Waals surface area contributed by atoms with E-state index in [0.29, 0.717) is 12.5 Å². The molecule has 0 aromatic heterocycles. The van der Waals surface area contributed by atoms with Crippen molar-refractivity contribution in [3.8, 4) is 0 Å². The first-order valence-electron chi connectivity index (χ1n) is 5.12. The molecule has 4 heteroatoms. The van der Waals surface area contributed by atoms with E-state index in [0.717, 1.165) is 12.8 Å². The molecule has 1 saturated carbocycles. The third-order valence-electron chi connectivity index (χ3n) is 2.83. The molecule has 0 saturated heterocycles. The van der Waals surface area contributed by atoms with Crippen LogP contribution in [0.15, 0.2) is 0 Å². The molecule has 3 N–H and O–H groups in total. The molecule has 0 aromatic carbocycles. The van der Waals surface area contributed by atoms with E-state index in [9.17, 15) is 9.90 Å². The molecule has 0 aliphatic heterocycles. The monoisotopic (exact) mass is 200 g/mol. The van der Waals surface area contributed by atoms with Crippen LogP contribution in [0.1, 0.15) is 26.7 Å². The Labute approximate surface area is 85.1 Å². The summed E-state index contributed by atoms with van der Waals surface area (Å²) in [6.07, 6.45) is 1.81. The van der Waals surface area contributed by atoms with Crippen molar-refractivity contribution in [2.75, 3.05) is 13.6 Å². The topological polar surface area (TPSA) is 61.4 Å². The van der Waals surface area contributed by atoms with Gasteiger partial charge in [-0.1, -0.05) is 0 Å². The van der Waals surface area contributed by atoms with E-state index in [1.165, 1.54) is 0 Å². The van der Waals surface area contributed by atoms with E-state index in [1.807, 2.05) is 13.8 Å². The van der Waals surface area contributed by atoms with Crippen LogP contribution in [0.5, 0.6) is 0 Å². The van der Waals surface area contributed by atoms with Crippen LogP contribution in [0.25, 0.3) is 0 Å². The van der Waals surface area contributed by atoms with Crippen molar-refractivity contribution in [3.05, 3.63) is 0 Å². The average Bonchev–Trinajstić information content (AvgIpc) is 2.96. The van der Waals surface area contributed by atoms with Gasteiger partial charge >= 0.3 is 0 Å². The molecule has 4 nitrogen and oxygen atoms in total. The van der Waals surface area contributed by atoms with Crippen LogP contribution in [-0.2, 0) is 4.79 Å². The van der Waals surface area contributed by atoms with Crippen LogP contribution in [0, 0.1) is 5.92 Å². The number of likely N-dealkylation sites (N-methyl/N-ethyl adjacent to an activating group) is 1. The predicted octanol–water partition coefficient (Wildman–Crippen LogP) is -0.128. The Kier molecular flexibility index (Phi) is 3.50. The second kappa shape index (κ2) is 4.28. The van der Waals surface area contributed by atoms with Gasteiger partial charge in [0.15, 0.2) is 0 Å². The average molecular weight is 200 g/mol. The smallest absolute Gasteiger partial charge is 0.239 e. The van der Waals surface area contributed by atoms with Crippen LogP contribution < -0.4 is 10.6 Å². The van der Waals surface area contributed by atoms with Crippen molar-refractivity contribution in [1.29, 1.82) is 0 Å². The third-order valence-corrected chi connectivity index (χ3v) is 2.83. The first kappa shape index (κ1) is 11.5. The fourth-order valence-electron chi connectivity index (χ4n) is 1.18. The van der Waals surface area contributed by atoms with Gasteiger partial charge in [0.2, 0.25) is 5.91 Å². The Hall–Kier alpha value is -0.610. The number of rotatable bonds is 5. The summed E-state index contributed by atoms with van der Waals surface area (Å²) in [5.74, 6) is 0.340. The molecule has 1 amide bonds. The van der Waals surface area contributed by atoms with Crippen LogP contribution in [-0.4, -0.2) is 36.2 Å². The molecule has 1 rings (SSSR count). The summed E-state index contributed by atoms with van der Waals surface area (Å²) in [6.45, 7) is 3.99. The number of hydrogen-bond acceptors (Lipinski definition) is 3. The summed E-state index contributed by atoms with van der Waals surface area (Å²) in [6, 6.07) is 0. The van der Waals surface area contributed by atoms with E-state index in [-0.39, 0.29) is 12.0 Å². The van der Waals surface area contributed by atoms with Gasteiger partial charge in [-0.2, -0.15) is 0 Å². The second-order valence-corrected chi connectivity index (χ2v) is 4.49. The van der Waals surface area contributed by atoms with Crippen molar-refractivity contribution in [3.63, 3.8) is 0 Å². The molecule has 1 atom stereocenters. The number of amides is 1. The van der Waals surface area contributed by atoms with E-state index < -0.39 is 5.54 Å². The highest BCUT2D eigenvalue weighted by Crippen LogP contribution is 2.32. The largest absolute Gasteiger partial charge is 0.391 e. The molecule has 0 spiro atoms. The van der Waals surface area contributed by atoms with Crippen molar-refractivity contribution in [2.24, 2.45) is 5.92 Å². The zero-order valence-electron chi connectivity index (χ0n) is 9.13. The van der Waals surface area contributed by atoms with Crippen molar-refractivity contribution in [2.45, 2.75) is 38.3 Å². The Morgan fingerprint density at radius 3 is 2.57 bits per heavy atom. The minimum absolute atomic E-state index is 0.0697. The second-order valence-electron chi connectivity index (χ2n) is 4.49. The quantitative estimate of drug-likeness (QED) is 0.579. The van der Waals surface area contributed by atoms with Gasteiger partial charge in [0.1, 0.15) is 0 Å². The summed E-state index contributed by atoms with van der Waals surface area (Å²) in [5, 5.41) is 15.2. The fourth-order valence-corrected chi connectivity index (χ4v) is 1.18. The highest BCUT2D eigenvalue weighted by molar-refractivity contribution is 5.85. The van der Waals surface area contributed by atoms with Crippen molar-refractivity contribution >= 4 is 5.91 Å². The zero-order valence-corrected chi connectivity index (χ0v) is 9.13. The molecule has 1 aliphatic rings. The molecule has 0 heterocycles. The molecule has 1 aliphatic carbocycles. The minimum Gasteiger partial charge on any atom is -0.391 e. The molecule has 0 aromatic rings. The molecule has 1 fully saturated rings. The van der Waals surface area contributed by atoms with Crippen molar-refractivity contribution < 1.29 is 9.90 Å². The Morgan fingerprint density at radius 2 is 2.14 bits per heavy atom. The number of aliphatic hydroxyl groups excluding tert-OH is 1. The van der Waals surface area contributed by atoms with Gasteiger partial charge < -0.3 is 15.7 Å². The molecular weight excluding hydrogens is 180 g/mol. The number of aliphatic hydroxyl groups is 1. The number of carbonyl (C=O) groups excluding carboxylic acids is 1. The number of hydrogen-bond donors (Lipinski definition) is 3. The lowest BCUT2D eigenvalue weighted by atomic mass is 10.1. The summed E-state index contributed by atoms with van der Waals surface area (Å²) in [5.41, 5.74) is -0.566. The summed E-state index contributed by atoms with van der Waals surface area (Å²) < 4.78 is 0. The molecule has 0 bridgehead atoms. The van der Waals surface area contributed by atoms with Crippen LogP contribution in [0.4, 0.5) is 0 Å². The lowest BCUT2D eigenvalue weighted by Crippen LogP contribution is -2.52. The predicted molar refractivity (Wildman–Crippen MR) is 54.9 cm³/mol. The number of carbonyl (C=O) groups is 1. The maximum Gasteiger partial charge on any atom is 0.239 e. The molecule has 14 heavy (non-hydrogen) atoms. The van der Waals surface area contributed by atoms with Gasteiger partial charge in [-0.25, -0.2) is 0 Å². The minimum atomic E-state index is -0.566. The first-order valence-corrected chi connectivity index (χ1v) is 5.12. The first-order chi connectivity index (χ1) is 6.47. The van der Waals surface area contributed by atoms with Gasteiger partial charge in [0.25, 0.3) is 0 Å². The lowest BCUT2D eigenvalue weighted by Gasteiger charge is -2.23. The van der Waals surface area contributed by atoms with Crippen LogP contribution in [0.2, 0.25) is 0 Å². The van der Waals surface area contributed by atoms with Gasteiger partial charge in [-0.05, 0) is 39.7 Å². The molecule has 1 unspecified atom stereocenters. The Balaban J connectivity index is 2.26. The van der Waals surface area contributed by atoms with E-state index >= 15 is 0 Å². The van der Waals surface area contributed by atoms with Gasteiger partial charge in [-0.15, -0.1) is 0 Å².